The van der Waals surface area contributed by atoms with Gasteiger partial charge in [-0.2, -0.15) is 0 Å². The van der Waals surface area contributed by atoms with Crippen LogP contribution in [-0.2, 0) is 6.42 Å². The highest BCUT2D eigenvalue weighted by atomic mass is 16.1. The molecule has 2 nitrogen and oxygen atoms in total. The average molecular weight is 133 g/mol. The van der Waals surface area contributed by atoms with E-state index in [0.717, 1.165) is 17.5 Å². The molecule has 0 amide bonds. The third-order valence-electron chi connectivity index (χ3n) is 1.83. The van der Waals surface area contributed by atoms with Crippen LogP contribution in [0, 0.1) is 0 Å². The van der Waals surface area contributed by atoms with Crippen LogP contribution < -0.4 is 0 Å². The zero-order valence-electron chi connectivity index (χ0n) is 5.50. The molecule has 0 spiro atoms. The Balaban J connectivity index is 2.61. The lowest BCUT2D eigenvalue weighted by Gasteiger charge is -1.91. The third kappa shape index (κ3) is 0.652. The number of aromatic nitrogens is 1. The fourth-order valence-electron chi connectivity index (χ4n) is 1.28. The first-order valence-electron chi connectivity index (χ1n) is 3.34. The van der Waals surface area contributed by atoms with Crippen LogP contribution in [0.25, 0.3) is 0 Å². The minimum absolute atomic E-state index is 0.261. The number of carbonyl (C=O) groups excluding carboxylic acids is 1. The van der Waals surface area contributed by atoms with E-state index in [2.05, 4.69) is 4.98 Å². The summed E-state index contributed by atoms with van der Waals surface area (Å²) < 4.78 is 0. The number of hydrogen-bond donors (Lipinski definition) is 0. The number of hydrogen-bond acceptors (Lipinski definition) is 2. The summed E-state index contributed by atoms with van der Waals surface area (Å²) in [7, 11) is 0. The van der Waals surface area contributed by atoms with Gasteiger partial charge in [0.15, 0.2) is 5.78 Å². The summed E-state index contributed by atoms with van der Waals surface area (Å²) in [4.78, 5) is 15.0. The van der Waals surface area contributed by atoms with Crippen LogP contribution in [0.1, 0.15) is 22.3 Å². The highest BCUT2D eigenvalue weighted by molar-refractivity contribution is 6.00. The molecule has 0 fully saturated rings. The van der Waals surface area contributed by atoms with Crippen LogP contribution in [0.2, 0.25) is 0 Å². The predicted molar refractivity (Wildman–Crippen MR) is 36.9 cm³/mol. The summed E-state index contributed by atoms with van der Waals surface area (Å²) in [5.41, 5.74) is 1.97. The van der Waals surface area contributed by atoms with E-state index in [0.29, 0.717) is 6.42 Å². The summed E-state index contributed by atoms with van der Waals surface area (Å²) in [5.74, 6) is 0.261. The van der Waals surface area contributed by atoms with Gasteiger partial charge in [-0.15, -0.1) is 0 Å². The zero-order chi connectivity index (χ0) is 6.97. The summed E-state index contributed by atoms with van der Waals surface area (Å²) >= 11 is 0. The molecule has 0 radical (unpaired) electrons. The minimum atomic E-state index is 0.261. The first-order chi connectivity index (χ1) is 4.88. The van der Waals surface area contributed by atoms with E-state index in [1.54, 1.807) is 18.5 Å². The zero-order valence-corrected chi connectivity index (χ0v) is 5.50. The van der Waals surface area contributed by atoms with Gasteiger partial charge < -0.3 is 0 Å². The molecule has 0 saturated heterocycles. The largest absolute Gasteiger partial charge is 0.294 e. The van der Waals surface area contributed by atoms with Crippen molar-refractivity contribution in [3.05, 3.63) is 29.6 Å². The number of carbonyl (C=O) groups is 1. The van der Waals surface area contributed by atoms with Crippen LogP contribution in [-0.4, -0.2) is 10.8 Å². The second kappa shape index (κ2) is 1.90. The highest BCUT2D eigenvalue weighted by Gasteiger charge is 2.17. The van der Waals surface area contributed by atoms with E-state index in [4.69, 9.17) is 0 Å². The number of pyridine rings is 1. The van der Waals surface area contributed by atoms with Gasteiger partial charge in [0.05, 0.1) is 0 Å². The fraction of sp³-hybridized carbons (Fsp3) is 0.250. The van der Waals surface area contributed by atoms with Crippen molar-refractivity contribution < 1.29 is 4.79 Å². The normalized spacial score (nSPS) is 15.4. The van der Waals surface area contributed by atoms with Gasteiger partial charge in [-0.3, -0.25) is 9.78 Å². The lowest BCUT2D eigenvalue weighted by atomic mass is 10.2. The van der Waals surface area contributed by atoms with Crippen LogP contribution in [0.3, 0.4) is 0 Å². The Hall–Kier alpha value is -1.18. The van der Waals surface area contributed by atoms with Crippen LogP contribution in [0.4, 0.5) is 0 Å². The molecule has 10 heavy (non-hydrogen) atoms. The Morgan fingerprint density at radius 2 is 2.30 bits per heavy atom. The number of ketones is 1. The van der Waals surface area contributed by atoms with Gasteiger partial charge in [-0.1, -0.05) is 0 Å². The number of aryl methyl sites for hydroxylation is 1. The summed E-state index contributed by atoms with van der Waals surface area (Å²) in [6.07, 6.45) is 4.99. The highest BCUT2D eigenvalue weighted by Crippen LogP contribution is 2.19. The first-order valence-corrected chi connectivity index (χ1v) is 3.34. The second-order valence-electron chi connectivity index (χ2n) is 2.46. The van der Waals surface area contributed by atoms with Gasteiger partial charge in [0.2, 0.25) is 0 Å². The average Bonchev–Trinajstić information content (AvgIpc) is 2.34. The smallest absolute Gasteiger partial charge is 0.163 e. The molecule has 0 N–H and O–H groups in total. The third-order valence-corrected chi connectivity index (χ3v) is 1.83. The summed E-state index contributed by atoms with van der Waals surface area (Å²) in [6.45, 7) is 0. The molecule has 1 heterocycles. The van der Waals surface area contributed by atoms with Gasteiger partial charge in [0.1, 0.15) is 0 Å². The molecule has 1 aliphatic carbocycles. The lowest BCUT2D eigenvalue weighted by Crippen LogP contribution is -1.90. The molecule has 1 aliphatic rings. The molecule has 0 aromatic carbocycles. The fourth-order valence-corrected chi connectivity index (χ4v) is 1.28. The topological polar surface area (TPSA) is 30.0 Å². The van der Waals surface area contributed by atoms with Gasteiger partial charge in [0, 0.05) is 24.4 Å². The molecule has 0 unspecified atom stereocenters. The Bertz CT molecular complexity index is 280. The minimum Gasteiger partial charge on any atom is -0.294 e. The molecule has 1 aromatic heterocycles. The SMILES string of the molecule is O=C1CCc2cnccc21. The van der Waals surface area contributed by atoms with Crippen LogP contribution in [0.15, 0.2) is 18.5 Å². The van der Waals surface area contributed by atoms with E-state index < -0.39 is 0 Å². The Labute approximate surface area is 58.9 Å². The maximum absolute atomic E-state index is 11.0. The molecule has 0 aliphatic heterocycles. The van der Waals surface area contributed by atoms with E-state index in [1.165, 1.54) is 0 Å². The molecule has 50 valence electrons. The predicted octanol–water partition coefficient (Wildman–Crippen LogP) is 1.21. The molecule has 0 bridgehead atoms. The van der Waals surface area contributed by atoms with E-state index in [9.17, 15) is 4.79 Å². The molecular formula is C8H7NO. The van der Waals surface area contributed by atoms with Crippen molar-refractivity contribution in [2.45, 2.75) is 12.8 Å². The van der Waals surface area contributed by atoms with Crippen molar-refractivity contribution in [2.75, 3.05) is 0 Å². The van der Waals surface area contributed by atoms with Crippen molar-refractivity contribution >= 4 is 5.78 Å². The van der Waals surface area contributed by atoms with Crippen molar-refractivity contribution in [3.8, 4) is 0 Å². The maximum Gasteiger partial charge on any atom is 0.163 e. The lowest BCUT2D eigenvalue weighted by molar-refractivity contribution is 0.0994. The van der Waals surface area contributed by atoms with E-state index in [1.807, 2.05) is 0 Å². The number of Topliss-reactive ketones (excluding diaryl/α,β-unsaturated/α-hetero) is 1. The molecule has 1 aromatic rings. The first kappa shape index (κ1) is 5.59. The Morgan fingerprint density at radius 1 is 1.40 bits per heavy atom. The molecular weight excluding hydrogens is 126 g/mol. The van der Waals surface area contributed by atoms with Crippen molar-refractivity contribution in [1.82, 2.24) is 4.98 Å². The summed E-state index contributed by atoms with van der Waals surface area (Å²) in [5, 5.41) is 0. The molecule has 0 atom stereocenters. The number of fused-ring (bicyclic) bond motifs is 1. The van der Waals surface area contributed by atoms with Crippen molar-refractivity contribution in [3.63, 3.8) is 0 Å². The molecule has 0 saturated carbocycles. The molecule has 2 heteroatoms. The molecule has 2 rings (SSSR count). The standard InChI is InChI=1S/C8H7NO/c10-8-2-1-6-5-9-4-3-7(6)8/h3-5H,1-2H2. The van der Waals surface area contributed by atoms with Gasteiger partial charge in [-0.25, -0.2) is 0 Å². The monoisotopic (exact) mass is 133 g/mol. The van der Waals surface area contributed by atoms with E-state index >= 15 is 0 Å². The summed E-state index contributed by atoms with van der Waals surface area (Å²) in [6, 6.07) is 1.80. The van der Waals surface area contributed by atoms with E-state index in [-0.39, 0.29) is 5.78 Å². The maximum atomic E-state index is 11.0. The van der Waals surface area contributed by atoms with Crippen molar-refractivity contribution in [2.24, 2.45) is 0 Å². The number of nitrogens with zero attached hydrogens (tertiary/aromatic N) is 1. The van der Waals surface area contributed by atoms with Crippen molar-refractivity contribution in [1.29, 1.82) is 0 Å². The Morgan fingerprint density at radius 3 is 3.10 bits per heavy atom. The van der Waals surface area contributed by atoms with Gasteiger partial charge in [-0.05, 0) is 18.1 Å². The van der Waals surface area contributed by atoms with Crippen LogP contribution >= 0.6 is 0 Å². The quantitative estimate of drug-likeness (QED) is 0.532. The second-order valence-corrected chi connectivity index (χ2v) is 2.46. The number of rotatable bonds is 0. The Kier molecular flexibility index (Phi) is 1.07. The van der Waals surface area contributed by atoms with Crippen LogP contribution in [0.5, 0.6) is 0 Å². The van der Waals surface area contributed by atoms with Gasteiger partial charge >= 0.3 is 0 Å². The van der Waals surface area contributed by atoms with Gasteiger partial charge in [0.25, 0.3) is 0 Å².